The molecule has 0 spiro atoms. The van der Waals surface area contributed by atoms with Crippen molar-refractivity contribution in [3.63, 3.8) is 0 Å². The fourth-order valence-corrected chi connectivity index (χ4v) is 1.51. The van der Waals surface area contributed by atoms with Gasteiger partial charge in [-0.3, -0.25) is 0 Å². The molecule has 1 rings (SSSR count). The summed E-state index contributed by atoms with van der Waals surface area (Å²) in [6.45, 7) is 1.66. The Balaban J connectivity index is 3.07. The Bertz CT molecular complexity index is 455. The van der Waals surface area contributed by atoms with Crippen LogP contribution in [0, 0.1) is 0 Å². The van der Waals surface area contributed by atoms with E-state index in [-0.39, 0.29) is 0 Å². The van der Waals surface area contributed by atoms with Crippen LogP contribution in [0.15, 0.2) is 29.4 Å². The Morgan fingerprint density at radius 2 is 2.18 bits per heavy atom. The predicted molar refractivity (Wildman–Crippen MR) is 61.7 cm³/mol. The van der Waals surface area contributed by atoms with E-state index < -0.39 is 18.0 Å². The number of esters is 1. The molecule has 0 aromatic heterocycles. The van der Waals surface area contributed by atoms with Crippen LogP contribution in [0.25, 0.3) is 10.4 Å². The van der Waals surface area contributed by atoms with Gasteiger partial charge in [-0.05, 0) is 11.1 Å². The fraction of sp³-hybridized carbons (Fsp3) is 0.364. The quantitative estimate of drug-likeness (QED) is 0.375. The topological polar surface area (TPSA) is 95.3 Å². The Morgan fingerprint density at radius 1 is 1.53 bits per heavy atom. The number of carbonyl (C=O) groups excluding carboxylic acids is 1. The van der Waals surface area contributed by atoms with Crippen molar-refractivity contribution in [1.82, 2.24) is 0 Å². The highest BCUT2D eigenvalue weighted by Crippen LogP contribution is 2.29. The Labute approximate surface area is 98.5 Å². The third-order valence-corrected chi connectivity index (χ3v) is 2.50. The standard InChI is InChI=1S/C11H13N3O3/c1-7(10(15)11(16)17-2)8-5-3-4-6-9(8)13-14-12/h3-7,10,15H,1-2H3. The van der Waals surface area contributed by atoms with E-state index in [2.05, 4.69) is 14.8 Å². The van der Waals surface area contributed by atoms with Crippen LogP contribution in [0.4, 0.5) is 5.69 Å². The molecule has 0 fully saturated rings. The van der Waals surface area contributed by atoms with Gasteiger partial charge in [0.2, 0.25) is 0 Å². The van der Waals surface area contributed by atoms with E-state index >= 15 is 0 Å². The van der Waals surface area contributed by atoms with Crippen LogP contribution in [0.2, 0.25) is 0 Å². The van der Waals surface area contributed by atoms with Crippen LogP contribution in [-0.2, 0) is 9.53 Å². The summed E-state index contributed by atoms with van der Waals surface area (Å²) in [5, 5.41) is 13.2. The molecule has 0 aliphatic rings. The largest absolute Gasteiger partial charge is 0.467 e. The molecule has 17 heavy (non-hydrogen) atoms. The van der Waals surface area contributed by atoms with Crippen LogP contribution in [0.1, 0.15) is 18.4 Å². The Hall–Kier alpha value is -2.04. The molecule has 1 aromatic rings. The molecule has 0 radical (unpaired) electrons. The number of rotatable bonds is 4. The van der Waals surface area contributed by atoms with Gasteiger partial charge in [0, 0.05) is 16.5 Å². The number of nitrogens with zero attached hydrogens (tertiary/aromatic N) is 3. The zero-order valence-corrected chi connectivity index (χ0v) is 9.57. The number of benzene rings is 1. The Morgan fingerprint density at radius 3 is 2.76 bits per heavy atom. The fourth-order valence-electron chi connectivity index (χ4n) is 1.51. The van der Waals surface area contributed by atoms with E-state index in [1.165, 1.54) is 7.11 Å². The summed E-state index contributed by atoms with van der Waals surface area (Å²) in [7, 11) is 1.21. The smallest absolute Gasteiger partial charge is 0.335 e. The molecule has 1 aromatic carbocycles. The number of ether oxygens (including phenoxy) is 1. The number of methoxy groups -OCH3 is 1. The maximum atomic E-state index is 11.2. The molecule has 0 saturated heterocycles. The van der Waals surface area contributed by atoms with Gasteiger partial charge < -0.3 is 9.84 Å². The van der Waals surface area contributed by atoms with Crippen molar-refractivity contribution in [1.29, 1.82) is 0 Å². The number of hydrogen-bond acceptors (Lipinski definition) is 4. The molecule has 0 amide bonds. The summed E-state index contributed by atoms with van der Waals surface area (Å²) in [5.74, 6) is -1.22. The number of hydrogen-bond donors (Lipinski definition) is 1. The summed E-state index contributed by atoms with van der Waals surface area (Å²) in [5.41, 5.74) is 9.42. The lowest BCUT2D eigenvalue weighted by molar-refractivity contribution is -0.151. The van der Waals surface area contributed by atoms with Gasteiger partial charge in [0.25, 0.3) is 0 Å². The maximum absolute atomic E-state index is 11.2. The lowest BCUT2D eigenvalue weighted by atomic mass is 9.94. The average molecular weight is 235 g/mol. The predicted octanol–water partition coefficient (Wildman–Crippen LogP) is 2.27. The van der Waals surface area contributed by atoms with Gasteiger partial charge in [-0.25, -0.2) is 4.79 Å². The average Bonchev–Trinajstić information content (AvgIpc) is 2.37. The second-order valence-corrected chi connectivity index (χ2v) is 3.50. The lowest BCUT2D eigenvalue weighted by Gasteiger charge is -2.18. The zero-order chi connectivity index (χ0) is 12.8. The molecule has 2 unspecified atom stereocenters. The molecule has 90 valence electrons. The first kappa shape index (κ1) is 13.0. The van der Waals surface area contributed by atoms with E-state index in [1.807, 2.05) is 0 Å². The molecule has 0 aliphatic carbocycles. The minimum atomic E-state index is -1.28. The molecule has 0 heterocycles. The SMILES string of the molecule is COC(=O)C(O)C(C)c1ccccc1N=[N+]=[N-]. The number of aliphatic hydroxyl groups is 1. The summed E-state index contributed by atoms with van der Waals surface area (Å²) in [4.78, 5) is 13.9. The van der Waals surface area contributed by atoms with Crippen molar-refractivity contribution in [2.24, 2.45) is 5.11 Å². The molecule has 6 heteroatoms. The molecular weight excluding hydrogens is 222 g/mol. The molecule has 1 N–H and O–H groups in total. The summed E-state index contributed by atoms with van der Waals surface area (Å²) >= 11 is 0. The molecule has 6 nitrogen and oxygen atoms in total. The summed E-state index contributed by atoms with van der Waals surface area (Å²) in [6.07, 6.45) is -1.28. The number of aliphatic hydroxyl groups excluding tert-OH is 1. The number of azide groups is 1. The zero-order valence-electron chi connectivity index (χ0n) is 9.57. The van der Waals surface area contributed by atoms with E-state index in [0.29, 0.717) is 11.3 Å². The van der Waals surface area contributed by atoms with Gasteiger partial charge in [-0.1, -0.05) is 36.3 Å². The van der Waals surface area contributed by atoms with Crippen LogP contribution in [0.3, 0.4) is 0 Å². The third-order valence-electron chi connectivity index (χ3n) is 2.50. The van der Waals surface area contributed by atoms with Gasteiger partial charge >= 0.3 is 5.97 Å². The highest BCUT2D eigenvalue weighted by atomic mass is 16.5. The van der Waals surface area contributed by atoms with Gasteiger partial charge in [0.15, 0.2) is 6.10 Å². The lowest BCUT2D eigenvalue weighted by Crippen LogP contribution is -2.27. The molecule has 2 atom stereocenters. The first-order valence-corrected chi connectivity index (χ1v) is 5.01. The monoisotopic (exact) mass is 235 g/mol. The Kier molecular flexibility index (Phi) is 4.51. The van der Waals surface area contributed by atoms with E-state index in [0.717, 1.165) is 0 Å². The molecule has 0 aliphatic heterocycles. The first-order chi connectivity index (χ1) is 8.11. The van der Waals surface area contributed by atoms with Crippen LogP contribution < -0.4 is 0 Å². The summed E-state index contributed by atoms with van der Waals surface area (Å²) < 4.78 is 4.46. The minimum Gasteiger partial charge on any atom is -0.467 e. The van der Waals surface area contributed by atoms with Crippen LogP contribution in [0.5, 0.6) is 0 Å². The van der Waals surface area contributed by atoms with Crippen LogP contribution >= 0.6 is 0 Å². The van der Waals surface area contributed by atoms with E-state index in [1.54, 1.807) is 31.2 Å². The molecule has 0 bridgehead atoms. The molecule has 0 saturated carbocycles. The van der Waals surface area contributed by atoms with Crippen molar-refractivity contribution in [3.05, 3.63) is 40.3 Å². The highest BCUT2D eigenvalue weighted by molar-refractivity contribution is 5.76. The summed E-state index contributed by atoms with van der Waals surface area (Å²) in [6, 6.07) is 6.77. The van der Waals surface area contributed by atoms with Gasteiger partial charge in [-0.2, -0.15) is 0 Å². The minimum absolute atomic E-state index is 0.394. The second kappa shape index (κ2) is 5.89. The van der Waals surface area contributed by atoms with Gasteiger partial charge in [0.05, 0.1) is 7.11 Å². The first-order valence-electron chi connectivity index (χ1n) is 5.01. The van der Waals surface area contributed by atoms with E-state index in [9.17, 15) is 9.90 Å². The van der Waals surface area contributed by atoms with Gasteiger partial charge in [-0.15, -0.1) is 0 Å². The van der Waals surface area contributed by atoms with Crippen molar-refractivity contribution < 1.29 is 14.6 Å². The number of carbonyl (C=O) groups is 1. The van der Waals surface area contributed by atoms with Crippen molar-refractivity contribution in [3.8, 4) is 0 Å². The third kappa shape index (κ3) is 2.96. The van der Waals surface area contributed by atoms with E-state index in [4.69, 9.17) is 5.53 Å². The maximum Gasteiger partial charge on any atom is 0.335 e. The van der Waals surface area contributed by atoms with Crippen molar-refractivity contribution in [2.75, 3.05) is 7.11 Å². The normalized spacial score (nSPS) is 13.4. The van der Waals surface area contributed by atoms with Crippen molar-refractivity contribution >= 4 is 11.7 Å². The van der Waals surface area contributed by atoms with Gasteiger partial charge in [0.1, 0.15) is 0 Å². The van der Waals surface area contributed by atoms with Crippen LogP contribution in [-0.4, -0.2) is 24.3 Å². The second-order valence-electron chi connectivity index (χ2n) is 3.50. The molecular formula is C11H13N3O3. The van der Waals surface area contributed by atoms with Crippen molar-refractivity contribution in [2.45, 2.75) is 18.9 Å². The highest BCUT2D eigenvalue weighted by Gasteiger charge is 2.25.